The molecule has 1 amide bonds. The number of carbonyl (C=O) groups excluding carboxylic acids is 1. The van der Waals surface area contributed by atoms with Gasteiger partial charge >= 0.3 is 0 Å². The Kier molecular flexibility index (Phi) is 5.18. The van der Waals surface area contributed by atoms with Gasteiger partial charge in [-0.2, -0.15) is 0 Å². The van der Waals surface area contributed by atoms with Gasteiger partial charge in [0.1, 0.15) is 0 Å². The SMILES string of the molecule is CCC1CCC(=O)N(CC(N)c2ccc(C)cc2)CC1. The van der Waals surface area contributed by atoms with Crippen LogP contribution in [-0.4, -0.2) is 23.9 Å². The zero-order chi connectivity index (χ0) is 14.5. The van der Waals surface area contributed by atoms with Crippen molar-refractivity contribution in [3.05, 3.63) is 35.4 Å². The Morgan fingerprint density at radius 1 is 1.30 bits per heavy atom. The summed E-state index contributed by atoms with van der Waals surface area (Å²) in [5, 5.41) is 0. The third-order valence-corrected chi connectivity index (χ3v) is 4.43. The molecule has 1 heterocycles. The first-order valence-corrected chi connectivity index (χ1v) is 7.70. The third kappa shape index (κ3) is 3.83. The second-order valence-electron chi connectivity index (χ2n) is 5.96. The second kappa shape index (κ2) is 6.89. The molecule has 0 radical (unpaired) electrons. The largest absolute Gasteiger partial charge is 0.341 e. The van der Waals surface area contributed by atoms with Gasteiger partial charge in [-0.05, 0) is 31.2 Å². The second-order valence-corrected chi connectivity index (χ2v) is 5.96. The molecule has 0 saturated carbocycles. The van der Waals surface area contributed by atoms with Crippen molar-refractivity contribution in [3.63, 3.8) is 0 Å². The highest BCUT2D eigenvalue weighted by molar-refractivity contribution is 5.76. The van der Waals surface area contributed by atoms with Crippen molar-refractivity contribution in [2.45, 2.75) is 45.6 Å². The van der Waals surface area contributed by atoms with Crippen LogP contribution in [0.1, 0.15) is 49.8 Å². The number of rotatable bonds is 4. The van der Waals surface area contributed by atoms with Crippen molar-refractivity contribution in [2.24, 2.45) is 11.7 Å². The van der Waals surface area contributed by atoms with E-state index in [9.17, 15) is 4.79 Å². The van der Waals surface area contributed by atoms with E-state index in [4.69, 9.17) is 5.73 Å². The predicted octanol–water partition coefficient (Wildman–Crippen LogP) is 3.03. The van der Waals surface area contributed by atoms with Gasteiger partial charge in [-0.25, -0.2) is 0 Å². The number of carbonyl (C=O) groups is 1. The molecule has 2 unspecified atom stereocenters. The molecule has 20 heavy (non-hydrogen) atoms. The molecule has 1 saturated heterocycles. The smallest absolute Gasteiger partial charge is 0.222 e. The van der Waals surface area contributed by atoms with Crippen LogP contribution in [0.3, 0.4) is 0 Å². The fourth-order valence-electron chi connectivity index (χ4n) is 2.85. The first-order valence-electron chi connectivity index (χ1n) is 7.70. The fraction of sp³-hybridized carbons (Fsp3) is 0.588. The molecular weight excluding hydrogens is 248 g/mol. The van der Waals surface area contributed by atoms with E-state index in [-0.39, 0.29) is 11.9 Å². The topological polar surface area (TPSA) is 46.3 Å². The third-order valence-electron chi connectivity index (χ3n) is 4.43. The summed E-state index contributed by atoms with van der Waals surface area (Å²) in [6.07, 6.45) is 4.00. The molecule has 0 bridgehead atoms. The molecule has 1 aromatic rings. The number of nitrogens with zero attached hydrogens (tertiary/aromatic N) is 1. The lowest BCUT2D eigenvalue weighted by Crippen LogP contribution is -2.36. The van der Waals surface area contributed by atoms with Crippen molar-refractivity contribution in [1.29, 1.82) is 0 Å². The van der Waals surface area contributed by atoms with E-state index < -0.39 is 0 Å². The Labute approximate surface area is 122 Å². The summed E-state index contributed by atoms with van der Waals surface area (Å²) in [6.45, 7) is 5.77. The summed E-state index contributed by atoms with van der Waals surface area (Å²) in [6, 6.07) is 8.20. The van der Waals surface area contributed by atoms with Gasteiger partial charge in [0.15, 0.2) is 0 Å². The highest BCUT2D eigenvalue weighted by atomic mass is 16.2. The van der Waals surface area contributed by atoms with Crippen molar-refractivity contribution in [2.75, 3.05) is 13.1 Å². The predicted molar refractivity (Wildman–Crippen MR) is 82.3 cm³/mol. The Morgan fingerprint density at radius 3 is 2.65 bits per heavy atom. The molecule has 0 aliphatic carbocycles. The van der Waals surface area contributed by atoms with E-state index in [1.807, 2.05) is 4.90 Å². The van der Waals surface area contributed by atoms with E-state index in [0.29, 0.717) is 18.9 Å². The Hall–Kier alpha value is -1.35. The van der Waals surface area contributed by atoms with Crippen molar-refractivity contribution >= 4 is 5.91 Å². The van der Waals surface area contributed by atoms with Crippen LogP contribution in [0.2, 0.25) is 0 Å². The molecule has 3 heteroatoms. The minimum absolute atomic E-state index is 0.0854. The molecule has 0 spiro atoms. The lowest BCUT2D eigenvalue weighted by atomic mass is 9.98. The molecule has 1 aromatic carbocycles. The minimum Gasteiger partial charge on any atom is -0.341 e. The van der Waals surface area contributed by atoms with E-state index in [0.717, 1.165) is 24.9 Å². The number of nitrogens with two attached hydrogens (primary N) is 1. The van der Waals surface area contributed by atoms with Crippen LogP contribution in [-0.2, 0) is 4.79 Å². The summed E-state index contributed by atoms with van der Waals surface area (Å²) < 4.78 is 0. The number of hydrogen-bond donors (Lipinski definition) is 1. The summed E-state index contributed by atoms with van der Waals surface area (Å²) >= 11 is 0. The number of benzene rings is 1. The van der Waals surface area contributed by atoms with Crippen LogP contribution < -0.4 is 5.73 Å². The van der Waals surface area contributed by atoms with Gasteiger partial charge in [0.25, 0.3) is 0 Å². The fourth-order valence-corrected chi connectivity index (χ4v) is 2.85. The first-order chi connectivity index (χ1) is 9.60. The monoisotopic (exact) mass is 274 g/mol. The zero-order valence-electron chi connectivity index (χ0n) is 12.6. The Bertz CT molecular complexity index is 441. The molecular formula is C17H26N2O. The number of amides is 1. The average Bonchev–Trinajstić information content (AvgIpc) is 2.62. The van der Waals surface area contributed by atoms with E-state index in [2.05, 4.69) is 38.1 Å². The molecule has 110 valence electrons. The molecule has 1 aliphatic rings. The lowest BCUT2D eigenvalue weighted by molar-refractivity contribution is -0.130. The molecule has 2 atom stereocenters. The van der Waals surface area contributed by atoms with Crippen molar-refractivity contribution < 1.29 is 4.79 Å². The van der Waals surface area contributed by atoms with E-state index in [1.54, 1.807) is 0 Å². The van der Waals surface area contributed by atoms with Crippen molar-refractivity contribution in [3.8, 4) is 0 Å². The van der Waals surface area contributed by atoms with Gasteiger partial charge in [0.2, 0.25) is 5.91 Å². The maximum Gasteiger partial charge on any atom is 0.222 e. The lowest BCUT2D eigenvalue weighted by Gasteiger charge is -2.25. The van der Waals surface area contributed by atoms with Crippen LogP contribution in [0.4, 0.5) is 0 Å². The molecule has 1 aliphatic heterocycles. The average molecular weight is 274 g/mol. The molecule has 3 nitrogen and oxygen atoms in total. The maximum absolute atomic E-state index is 12.2. The first kappa shape index (κ1) is 15.0. The van der Waals surface area contributed by atoms with Gasteiger partial charge in [-0.1, -0.05) is 43.2 Å². The molecule has 1 fully saturated rings. The maximum atomic E-state index is 12.2. The minimum atomic E-state index is -0.0854. The highest BCUT2D eigenvalue weighted by Gasteiger charge is 2.23. The number of aryl methyl sites for hydroxylation is 1. The standard InChI is InChI=1S/C17H26N2O/c1-3-14-6-9-17(20)19(11-10-14)12-16(18)15-7-4-13(2)5-8-15/h4-5,7-8,14,16H,3,6,9-12,18H2,1-2H3. The Balaban J connectivity index is 1.97. The normalized spacial score (nSPS) is 21.6. The zero-order valence-corrected chi connectivity index (χ0v) is 12.6. The van der Waals surface area contributed by atoms with Gasteiger partial charge in [0, 0.05) is 25.6 Å². The number of hydrogen-bond acceptors (Lipinski definition) is 2. The van der Waals surface area contributed by atoms with Gasteiger partial charge < -0.3 is 10.6 Å². The van der Waals surface area contributed by atoms with Gasteiger partial charge in [0.05, 0.1) is 0 Å². The molecule has 0 aromatic heterocycles. The summed E-state index contributed by atoms with van der Waals surface area (Å²) in [5.41, 5.74) is 8.61. The van der Waals surface area contributed by atoms with Crippen LogP contribution in [0, 0.1) is 12.8 Å². The number of likely N-dealkylation sites (tertiary alicyclic amines) is 1. The van der Waals surface area contributed by atoms with Gasteiger partial charge in [-0.15, -0.1) is 0 Å². The molecule has 2 rings (SSSR count). The Morgan fingerprint density at radius 2 is 2.00 bits per heavy atom. The van der Waals surface area contributed by atoms with Crippen LogP contribution in [0.15, 0.2) is 24.3 Å². The van der Waals surface area contributed by atoms with Crippen LogP contribution in [0.25, 0.3) is 0 Å². The van der Waals surface area contributed by atoms with E-state index >= 15 is 0 Å². The van der Waals surface area contributed by atoms with Crippen molar-refractivity contribution in [1.82, 2.24) is 4.90 Å². The summed E-state index contributed by atoms with van der Waals surface area (Å²) in [5.74, 6) is 0.961. The summed E-state index contributed by atoms with van der Waals surface area (Å²) in [4.78, 5) is 14.1. The van der Waals surface area contributed by atoms with Crippen LogP contribution in [0.5, 0.6) is 0 Å². The molecule has 2 N–H and O–H groups in total. The van der Waals surface area contributed by atoms with E-state index in [1.165, 1.54) is 12.0 Å². The summed E-state index contributed by atoms with van der Waals surface area (Å²) in [7, 11) is 0. The van der Waals surface area contributed by atoms with Gasteiger partial charge in [-0.3, -0.25) is 4.79 Å². The highest BCUT2D eigenvalue weighted by Crippen LogP contribution is 2.22. The van der Waals surface area contributed by atoms with Crippen LogP contribution >= 0.6 is 0 Å². The quantitative estimate of drug-likeness (QED) is 0.917.